The molecule has 4 rings (SSSR count). The molecule has 5 nitrogen and oxygen atoms in total. The van der Waals surface area contributed by atoms with E-state index in [0.29, 0.717) is 17.4 Å². The molecule has 0 aliphatic heterocycles. The topological polar surface area (TPSA) is 84.6 Å². The summed E-state index contributed by atoms with van der Waals surface area (Å²) >= 11 is 0. The monoisotopic (exact) mass is 430 g/mol. The largest absolute Gasteiger partial charge is 0.453 e. The van der Waals surface area contributed by atoms with Crippen LogP contribution in [0.3, 0.4) is 0 Å². The zero-order valence-corrected chi connectivity index (χ0v) is 18.7. The molecule has 1 atom stereocenters. The molecule has 2 aliphatic rings. The van der Waals surface area contributed by atoms with Gasteiger partial charge in [-0.25, -0.2) is 8.42 Å². The van der Waals surface area contributed by atoms with Crippen LogP contribution in [-0.2, 0) is 39.5 Å². The molecule has 0 unspecified atom stereocenters. The first-order valence-electron chi connectivity index (χ1n) is 10.8. The van der Waals surface area contributed by atoms with Crippen molar-refractivity contribution in [3.63, 3.8) is 0 Å². The summed E-state index contributed by atoms with van der Waals surface area (Å²) in [7, 11) is -3.90. The van der Waals surface area contributed by atoms with Crippen LogP contribution in [0, 0.1) is 5.92 Å². The average molecular weight is 431 g/mol. The molecule has 0 radical (unpaired) electrons. The summed E-state index contributed by atoms with van der Waals surface area (Å²) < 4.78 is 30.7. The number of furan rings is 1. The molecule has 0 bridgehead atoms. The van der Waals surface area contributed by atoms with Gasteiger partial charge in [0.25, 0.3) is 0 Å². The van der Waals surface area contributed by atoms with E-state index in [1.165, 1.54) is 41.9 Å². The molecule has 2 aliphatic carbocycles. The van der Waals surface area contributed by atoms with Crippen molar-refractivity contribution in [1.29, 1.82) is 0 Å². The molecule has 2 aromatic rings. The lowest BCUT2D eigenvalue weighted by Crippen LogP contribution is -2.20. The Labute approximate surface area is 178 Å². The Balaban J connectivity index is 1.57. The first-order valence-corrected chi connectivity index (χ1v) is 12.4. The second kappa shape index (κ2) is 7.65. The van der Waals surface area contributed by atoms with Crippen LogP contribution in [0.5, 0.6) is 0 Å². The number of aryl methyl sites for hydroxylation is 1. The maximum absolute atomic E-state index is 12.9. The Bertz CT molecular complexity index is 1070. The quantitative estimate of drug-likeness (QED) is 0.682. The van der Waals surface area contributed by atoms with Crippen molar-refractivity contribution in [2.24, 2.45) is 5.92 Å². The Kier molecular flexibility index (Phi) is 5.43. The summed E-state index contributed by atoms with van der Waals surface area (Å²) in [6.45, 7) is 5.33. The van der Waals surface area contributed by atoms with Gasteiger partial charge in [0.05, 0.1) is 11.9 Å². The SMILES string of the molecule is C[C@H](c1ccc2c(c1CC(=O)CS(=O)(=O)c1cc(C(C)(C)O)co1)CCC2)C1CC1. The number of rotatable bonds is 8. The summed E-state index contributed by atoms with van der Waals surface area (Å²) in [5.41, 5.74) is 3.99. The van der Waals surface area contributed by atoms with Gasteiger partial charge in [0.15, 0.2) is 5.78 Å². The summed E-state index contributed by atoms with van der Waals surface area (Å²) in [6, 6.07) is 5.66. The van der Waals surface area contributed by atoms with Gasteiger partial charge < -0.3 is 9.52 Å². The van der Waals surface area contributed by atoms with E-state index in [0.717, 1.165) is 24.8 Å². The third-order valence-electron chi connectivity index (χ3n) is 6.57. The van der Waals surface area contributed by atoms with Crippen molar-refractivity contribution in [3.8, 4) is 0 Å². The molecule has 30 heavy (non-hydrogen) atoms. The van der Waals surface area contributed by atoms with Gasteiger partial charge in [-0.05, 0) is 80.0 Å². The number of sulfone groups is 1. The third kappa shape index (κ3) is 4.26. The van der Waals surface area contributed by atoms with Gasteiger partial charge in [-0.15, -0.1) is 0 Å². The van der Waals surface area contributed by atoms with Crippen LogP contribution in [0.25, 0.3) is 0 Å². The molecular weight excluding hydrogens is 400 g/mol. The van der Waals surface area contributed by atoms with Gasteiger partial charge in [-0.3, -0.25) is 4.79 Å². The lowest BCUT2D eigenvalue weighted by atomic mass is 9.86. The average Bonchev–Trinajstić information content (AvgIpc) is 3.16. The predicted molar refractivity (Wildman–Crippen MR) is 114 cm³/mol. The number of fused-ring (bicyclic) bond motifs is 1. The van der Waals surface area contributed by atoms with E-state index in [1.54, 1.807) is 13.8 Å². The fourth-order valence-electron chi connectivity index (χ4n) is 4.58. The zero-order valence-electron chi connectivity index (χ0n) is 17.9. The van der Waals surface area contributed by atoms with Gasteiger partial charge in [0, 0.05) is 18.1 Å². The van der Waals surface area contributed by atoms with Gasteiger partial charge in [-0.2, -0.15) is 0 Å². The van der Waals surface area contributed by atoms with Crippen molar-refractivity contribution in [3.05, 3.63) is 52.3 Å². The lowest BCUT2D eigenvalue weighted by molar-refractivity contribution is -0.116. The fraction of sp³-hybridized carbons (Fsp3) is 0.542. The van der Waals surface area contributed by atoms with Crippen molar-refractivity contribution in [1.82, 2.24) is 0 Å². The number of Topliss-reactive ketones (excluding diaryl/α,β-unsaturated/α-hetero) is 1. The van der Waals surface area contributed by atoms with E-state index in [-0.39, 0.29) is 17.3 Å². The highest BCUT2D eigenvalue weighted by molar-refractivity contribution is 7.92. The van der Waals surface area contributed by atoms with E-state index >= 15 is 0 Å². The van der Waals surface area contributed by atoms with Crippen LogP contribution in [0.4, 0.5) is 0 Å². The fourth-order valence-corrected chi connectivity index (χ4v) is 5.75. The van der Waals surface area contributed by atoms with Gasteiger partial charge in [-0.1, -0.05) is 19.1 Å². The first kappa shape index (κ1) is 21.3. The van der Waals surface area contributed by atoms with Crippen molar-refractivity contribution >= 4 is 15.6 Å². The first-order chi connectivity index (χ1) is 14.1. The molecule has 0 amide bonds. The molecule has 1 saturated carbocycles. The molecular formula is C24H30O5S. The van der Waals surface area contributed by atoms with E-state index in [9.17, 15) is 18.3 Å². The zero-order chi connectivity index (χ0) is 21.7. The van der Waals surface area contributed by atoms with Crippen LogP contribution >= 0.6 is 0 Å². The molecule has 1 fully saturated rings. The van der Waals surface area contributed by atoms with E-state index < -0.39 is 21.2 Å². The van der Waals surface area contributed by atoms with Crippen molar-refractivity contribution < 1.29 is 22.7 Å². The summed E-state index contributed by atoms with van der Waals surface area (Å²) in [4.78, 5) is 12.9. The molecule has 0 spiro atoms. The van der Waals surface area contributed by atoms with Crippen LogP contribution in [0.2, 0.25) is 0 Å². The standard InChI is InChI=1S/C24H30O5S/c1-15(16-7-8-16)20-10-9-17-5-4-6-21(17)22(20)12-19(25)14-30(27,28)23-11-18(13-29-23)24(2,3)26/h9-11,13,15-16,26H,4-8,12,14H2,1-3H3/t15-/m0/s1. The van der Waals surface area contributed by atoms with E-state index in [4.69, 9.17) is 4.42 Å². The Morgan fingerprint density at radius 3 is 2.63 bits per heavy atom. The smallest absolute Gasteiger partial charge is 0.218 e. The second-order valence-electron chi connectivity index (χ2n) is 9.44. The van der Waals surface area contributed by atoms with Gasteiger partial charge >= 0.3 is 0 Å². The van der Waals surface area contributed by atoms with E-state index in [2.05, 4.69) is 19.1 Å². The van der Waals surface area contributed by atoms with E-state index in [1.807, 2.05) is 0 Å². The van der Waals surface area contributed by atoms with Crippen LogP contribution < -0.4 is 0 Å². The molecule has 1 aromatic carbocycles. The predicted octanol–water partition coefficient (Wildman–Crippen LogP) is 4.09. The number of hydrogen-bond donors (Lipinski definition) is 1. The minimum atomic E-state index is -3.90. The number of carbonyl (C=O) groups is 1. The number of benzene rings is 1. The normalized spacial score (nSPS) is 17.7. The lowest BCUT2D eigenvalue weighted by Gasteiger charge is -2.19. The molecule has 6 heteroatoms. The van der Waals surface area contributed by atoms with Gasteiger partial charge in [0.2, 0.25) is 14.9 Å². The maximum atomic E-state index is 12.9. The minimum Gasteiger partial charge on any atom is -0.453 e. The van der Waals surface area contributed by atoms with Crippen molar-refractivity contribution in [2.75, 3.05) is 5.75 Å². The highest BCUT2D eigenvalue weighted by Crippen LogP contribution is 2.44. The Morgan fingerprint density at radius 2 is 2.00 bits per heavy atom. The highest BCUT2D eigenvalue weighted by Gasteiger charge is 2.33. The van der Waals surface area contributed by atoms with Crippen molar-refractivity contribution in [2.45, 2.75) is 75.9 Å². The minimum absolute atomic E-state index is 0.147. The molecule has 0 saturated heterocycles. The Hall–Kier alpha value is -1.92. The summed E-state index contributed by atoms with van der Waals surface area (Å²) in [6.07, 6.45) is 6.90. The molecule has 1 aromatic heterocycles. The maximum Gasteiger partial charge on any atom is 0.218 e. The van der Waals surface area contributed by atoms with Crippen LogP contribution in [0.1, 0.15) is 73.8 Å². The summed E-state index contributed by atoms with van der Waals surface area (Å²) in [5, 5.41) is 9.78. The number of ketones is 1. The second-order valence-corrected chi connectivity index (χ2v) is 11.4. The van der Waals surface area contributed by atoms with Gasteiger partial charge in [0.1, 0.15) is 5.75 Å². The number of carbonyl (C=O) groups excluding carboxylic acids is 1. The Morgan fingerprint density at radius 1 is 1.27 bits per heavy atom. The summed E-state index contributed by atoms with van der Waals surface area (Å²) in [5.74, 6) is 0.160. The molecule has 1 heterocycles. The van der Waals surface area contributed by atoms with Crippen LogP contribution in [0.15, 0.2) is 34.0 Å². The molecule has 1 N–H and O–H groups in total. The van der Waals surface area contributed by atoms with Crippen LogP contribution in [-0.4, -0.2) is 25.1 Å². The number of hydrogen-bond acceptors (Lipinski definition) is 5. The number of aliphatic hydroxyl groups is 1. The molecule has 162 valence electrons. The third-order valence-corrected chi connectivity index (χ3v) is 8.10. The highest BCUT2D eigenvalue weighted by atomic mass is 32.2.